The van der Waals surface area contributed by atoms with Crippen molar-refractivity contribution in [3.8, 4) is 0 Å². The van der Waals surface area contributed by atoms with Gasteiger partial charge in [0.05, 0.1) is 12.3 Å². The van der Waals surface area contributed by atoms with Crippen molar-refractivity contribution in [3.05, 3.63) is 11.9 Å². The number of rotatable bonds is 8. The molecule has 1 unspecified atom stereocenters. The molecule has 92 valence electrons. The summed E-state index contributed by atoms with van der Waals surface area (Å²) in [5.74, 6) is 0. The van der Waals surface area contributed by atoms with Gasteiger partial charge in [-0.1, -0.05) is 44.7 Å². The molecule has 0 fully saturated rings. The standard InChI is InChI=1S/C12H23N3O/c1-3-5-6-7-8-9-15-10-11(13-14-15)12(16)4-2/h10,12,16H,3-9H2,1-2H3. The van der Waals surface area contributed by atoms with E-state index < -0.39 is 6.10 Å². The lowest BCUT2D eigenvalue weighted by Gasteiger charge is -2.01. The van der Waals surface area contributed by atoms with Gasteiger partial charge in [0, 0.05) is 6.54 Å². The van der Waals surface area contributed by atoms with E-state index in [1.54, 1.807) is 0 Å². The minimum atomic E-state index is -0.464. The summed E-state index contributed by atoms with van der Waals surface area (Å²) in [6.45, 7) is 5.07. The van der Waals surface area contributed by atoms with Crippen molar-refractivity contribution in [1.82, 2.24) is 15.0 Å². The Bertz CT molecular complexity index is 286. The van der Waals surface area contributed by atoms with Crippen LogP contribution in [0.4, 0.5) is 0 Å². The Morgan fingerprint density at radius 3 is 2.69 bits per heavy atom. The first-order chi connectivity index (χ1) is 7.77. The maximum Gasteiger partial charge on any atom is 0.111 e. The molecule has 1 aromatic rings. The molecule has 0 aliphatic heterocycles. The van der Waals surface area contributed by atoms with Crippen LogP contribution in [0.1, 0.15) is 64.2 Å². The molecule has 1 rings (SSSR count). The molecule has 0 spiro atoms. The Hall–Kier alpha value is -0.900. The molecule has 0 bridgehead atoms. The van der Waals surface area contributed by atoms with Gasteiger partial charge in [-0.3, -0.25) is 4.68 Å². The van der Waals surface area contributed by atoms with Crippen LogP contribution in [0, 0.1) is 0 Å². The highest BCUT2D eigenvalue weighted by atomic mass is 16.3. The number of nitrogens with zero attached hydrogens (tertiary/aromatic N) is 3. The van der Waals surface area contributed by atoms with Gasteiger partial charge in [-0.2, -0.15) is 0 Å². The molecule has 0 saturated heterocycles. The molecule has 0 radical (unpaired) electrons. The third-order valence-corrected chi connectivity index (χ3v) is 2.78. The first kappa shape index (κ1) is 13.2. The Kier molecular flexibility index (Phi) is 6.08. The summed E-state index contributed by atoms with van der Waals surface area (Å²) < 4.78 is 1.83. The maximum absolute atomic E-state index is 9.57. The second-order valence-electron chi connectivity index (χ2n) is 4.24. The zero-order valence-corrected chi connectivity index (χ0v) is 10.4. The Morgan fingerprint density at radius 1 is 1.25 bits per heavy atom. The summed E-state index contributed by atoms with van der Waals surface area (Å²) in [6, 6.07) is 0. The topological polar surface area (TPSA) is 50.9 Å². The number of hydrogen-bond donors (Lipinski definition) is 1. The van der Waals surface area contributed by atoms with Gasteiger partial charge in [0.25, 0.3) is 0 Å². The van der Waals surface area contributed by atoms with Crippen molar-refractivity contribution in [2.45, 2.75) is 65.0 Å². The van der Waals surface area contributed by atoms with E-state index >= 15 is 0 Å². The summed E-state index contributed by atoms with van der Waals surface area (Å²) in [5, 5.41) is 17.5. The predicted octanol–water partition coefficient (Wildman–Crippen LogP) is 2.69. The van der Waals surface area contributed by atoms with Crippen LogP contribution in [0.3, 0.4) is 0 Å². The average molecular weight is 225 g/mol. The fourth-order valence-electron chi connectivity index (χ4n) is 1.66. The molecular weight excluding hydrogens is 202 g/mol. The molecule has 16 heavy (non-hydrogen) atoms. The highest BCUT2D eigenvalue weighted by Crippen LogP contribution is 2.12. The number of aliphatic hydroxyl groups excluding tert-OH is 1. The molecule has 0 aliphatic rings. The van der Waals surface area contributed by atoms with Gasteiger partial charge in [-0.15, -0.1) is 5.10 Å². The molecule has 0 saturated carbocycles. The summed E-state index contributed by atoms with van der Waals surface area (Å²) in [6.07, 6.45) is 8.37. The minimum absolute atomic E-state index is 0.464. The fourth-order valence-corrected chi connectivity index (χ4v) is 1.66. The normalized spacial score (nSPS) is 12.9. The van der Waals surface area contributed by atoms with Gasteiger partial charge in [-0.05, 0) is 12.8 Å². The van der Waals surface area contributed by atoms with Gasteiger partial charge in [0.1, 0.15) is 5.69 Å². The quantitative estimate of drug-likeness (QED) is 0.692. The zero-order chi connectivity index (χ0) is 11.8. The van der Waals surface area contributed by atoms with Crippen LogP contribution in [0.25, 0.3) is 0 Å². The van der Waals surface area contributed by atoms with Crippen molar-refractivity contribution in [3.63, 3.8) is 0 Å². The molecule has 4 nitrogen and oxygen atoms in total. The van der Waals surface area contributed by atoms with Crippen molar-refractivity contribution in [2.75, 3.05) is 0 Å². The third-order valence-electron chi connectivity index (χ3n) is 2.78. The monoisotopic (exact) mass is 225 g/mol. The maximum atomic E-state index is 9.57. The average Bonchev–Trinajstić information content (AvgIpc) is 2.76. The molecule has 1 atom stereocenters. The first-order valence-electron chi connectivity index (χ1n) is 6.36. The lowest BCUT2D eigenvalue weighted by Crippen LogP contribution is -1.98. The largest absolute Gasteiger partial charge is 0.387 e. The third kappa shape index (κ3) is 4.31. The second-order valence-corrected chi connectivity index (χ2v) is 4.24. The Morgan fingerprint density at radius 2 is 2.00 bits per heavy atom. The van der Waals surface area contributed by atoms with Crippen molar-refractivity contribution in [2.24, 2.45) is 0 Å². The lowest BCUT2D eigenvalue weighted by molar-refractivity contribution is 0.168. The molecule has 0 aliphatic carbocycles. The van der Waals surface area contributed by atoms with E-state index in [-0.39, 0.29) is 0 Å². The summed E-state index contributed by atoms with van der Waals surface area (Å²) >= 11 is 0. The van der Waals surface area contributed by atoms with E-state index in [9.17, 15) is 5.11 Å². The number of aromatic nitrogens is 3. The molecule has 4 heteroatoms. The van der Waals surface area contributed by atoms with Gasteiger partial charge < -0.3 is 5.11 Å². The lowest BCUT2D eigenvalue weighted by atomic mass is 10.1. The number of aryl methyl sites for hydroxylation is 1. The molecule has 1 N–H and O–H groups in total. The van der Waals surface area contributed by atoms with E-state index in [0.29, 0.717) is 12.1 Å². The Balaban J connectivity index is 2.24. The second kappa shape index (κ2) is 7.39. The molecule has 1 heterocycles. The molecule has 0 amide bonds. The SMILES string of the molecule is CCCCCCCn1cc(C(O)CC)nn1. The van der Waals surface area contributed by atoms with E-state index in [2.05, 4.69) is 17.2 Å². The summed E-state index contributed by atoms with van der Waals surface area (Å²) in [4.78, 5) is 0. The highest BCUT2D eigenvalue weighted by Gasteiger charge is 2.08. The van der Waals surface area contributed by atoms with Crippen LogP contribution in [0.2, 0.25) is 0 Å². The Labute approximate surface area is 97.7 Å². The van der Waals surface area contributed by atoms with Crippen molar-refractivity contribution >= 4 is 0 Å². The van der Waals surface area contributed by atoms with Crippen LogP contribution in [0.15, 0.2) is 6.20 Å². The molecule has 1 aromatic heterocycles. The molecular formula is C12H23N3O. The van der Waals surface area contributed by atoms with E-state index in [0.717, 1.165) is 13.0 Å². The summed E-state index contributed by atoms with van der Waals surface area (Å²) in [7, 11) is 0. The van der Waals surface area contributed by atoms with E-state index in [1.165, 1.54) is 25.7 Å². The van der Waals surface area contributed by atoms with Gasteiger partial charge in [0.15, 0.2) is 0 Å². The first-order valence-corrected chi connectivity index (χ1v) is 6.36. The smallest absolute Gasteiger partial charge is 0.111 e. The van der Waals surface area contributed by atoms with Crippen molar-refractivity contribution in [1.29, 1.82) is 0 Å². The van der Waals surface area contributed by atoms with E-state index in [1.807, 2.05) is 17.8 Å². The van der Waals surface area contributed by atoms with Gasteiger partial charge >= 0.3 is 0 Å². The zero-order valence-electron chi connectivity index (χ0n) is 10.4. The van der Waals surface area contributed by atoms with Gasteiger partial charge in [0.2, 0.25) is 0 Å². The summed E-state index contributed by atoms with van der Waals surface area (Å²) in [5.41, 5.74) is 0.691. The number of unbranched alkanes of at least 4 members (excludes halogenated alkanes) is 4. The van der Waals surface area contributed by atoms with Crippen LogP contribution >= 0.6 is 0 Å². The van der Waals surface area contributed by atoms with Crippen molar-refractivity contribution < 1.29 is 5.11 Å². The van der Waals surface area contributed by atoms with Gasteiger partial charge in [-0.25, -0.2) is 0 Å². The number of aliphatic hydroxyl groups is 1. The van der Waals surface area contributed by atoms with Crippen LogP contribution in [-0.4, -0.2) is 20.1 Å². The highest BCUT2D eigenvalue weighted by molar-refractivity contribution is 4.96. The predicted molar refractivity (Wildman–Crippen MR) is 64.0 cm³/mol. The minimum Gasteiger partial charge on any atom is -0.387 e. The molecule has 0 aromatic carbocycles. The van der Waals surface area contributed by atoms with Crippen LogP contribution in [-0.2, 0) is 6.54 Å². The van der Waals surface area contributed by atoms with E-state index in [4.69, 9.17) is 0 Å². The van der Waals surface area contributed by atoms with Crippen LogP contribution in [0.5, 0.6) is 0 Å². The fraction of sp³-hybridized carbons (Fsp3) is 0.833. The number of hydrogen-bond acceptors (Lipinski definition) is 3. The van der Waals surface area contributed by atoms with Crippen LogP contribution < -0.4 is 0 Å².